The van der Waals surface area contributed by atoms with Crippen molar-refractivity contribution in [3.8, 4) is 0 Å². The number of hydrogen-bond donors (Lipinski definition) is 2. The van der Waals surface area contributed by atoms with Gasteiger partial charge >= 0.3 is 0 Å². The van der Waals surface area contributed by atoms with Crippen LogP contribution >= 0.6 is 11.3 Å². The van der Waals surface area contributed by atoms with E-state index in [0.29, 0.717) is 18.3 Å². The van der Waals surface area contributed by atoms with E-state index in [-0.39, 0.29) is 5.75 Å². The first-order chi connectivity index (χ1) is 9.12. The minimum Gasteiger partial charge on any atom is -0.313 e. The Morgan fingerprint density at radius 2 is 2.11 bits per heavy atom. The molecule has 102 valence electrons. The molecule has 3 rings (SSSR count). The number of hydrogen-bond acceptors (Lipinski definition) is 4. The average molecular weight is 296 g/mol. The summed E-state index contributed by atoms with van der Waals surface area (Å²) in [6, 6.07) is 8.16. The molecule has 0 unspecified atom stereocenters. The summed E-state index contributed by atoms with van der Waals surface area (Å²) in [5.74, 6) is 0.116. The van der Waals surface area contributed by atoms with Gasteiger partial charge in [-0.15, -0.1) is 11.3 Å². The van der Waals surface area contributed by atoms with Crippen LogP contribution in [0.4, 0.5) is 5.69 Å². The predicted octanol–water partition coefficient (Wildman–Crippen LogP) is 2.40. The maximum atomic E-state index is 11.9. The number of sulfonamides is 1. The van der Waals surface area contributed by atoms with Crippen molar-refractivity contribution in [2.45, 2.75) is 18.9 Å². The van der Waals surface area contributed by atoms with E-state index in [1.165, 1.54) is 17.5 Å². The van der Waals surface area contributed by atoms with E-state index in [2.05, 4.69) is 10.0 Å². The molecule has 0 spiro atoms. The zero-order valence-corrected chi connectivity index (χ0v) is 12.1. The van der Waals surface area contributed by atoms with Gasteiger partial charge in [0.05, 0.1) is 5.75 Å². The van der Waals surface area contributed by atoms with Crippen molar-refractivity contribution in [1.29, 1.82) is 0 Å². The first-order valence-corrected chi connectivity index (χ1v) is 8.87. The van der Waals surface area contributed by atoms with Gasteiger partial charge in [-0.25, -0.2) is 8.42 Å². The third-order valence-corrected chi connectivity index (χ3v) is 5.29. The van der Waals surface area contributed by atoms with Gasteiger partial charge in [-0.2, -0.15) is 0 Å². The fraction of sp³-hybridized carbons (Fsp3) is 0.385. The standard InChI is InChI=1S/C13H16N2O2S2/c16-19(17,8-6-14-11-1-2-11)15-12-3-4-13-10(9-12)5-7-18-13/h3-5,7,9,11,14-15H,1-2,6,8H2. The number of thiophene rings is 1. The van der Waals surface area contributed by atoms with Crippen molar-refractivity contribution in [2.75, 3.05) is 17.0 Å². The van der Waals surface area contributed by atoms with Crippen molar-refractivity contribution in [3.63, 3.8) is 0 Å². The maximum Gasteiger partial charge on any atom is 0.233 e. The number of nitrogens with one attached hydrogen (secondary N) is 2. The van der Waals surface area contributed by atoms with E-state index in [1.54, 1.807) is 11.3 Å². The van der Waals surface area contributed by atoms with E-state index in [9.17, 15) is 8.42 Å². The molecule has 0 saturated heterocycles. The van der Waals surface area contributed by atoms with Crippen molar-refractivity contribution < 1.29 is 8.42 Å². The molecular formula is C13H16N2O2S2. The Bertz CT molecular complexity index is 675. The van der Waals surface area contributed by atoms with Gasteiger partial charge in [0.25, 0.3) is 0 Å². The topological polar surface area (TPSA) is 58.2 Å². The maximum absolute atomic E-state index is 11.9. The van der Waals surface area contributed by atoms with E-state index >= 15 is 0 Å². The van der Waals surface area contributed by atoms with Gasteiger partial charge in [0.2, 0.25) is 10.0 Å². The van der Waals surface area contributed by atoms with Gasteiger partial charge in [0.1, 0.15) is 0 Å². The molecule has 4 nitrogen and oxygen atoms in total. The van der Waals surface area contributed by atoms with Gasteiger partial charge in [-0.1, -0.05) is 0 Å². The van der Waals surface area contributed by atoms with Gasteiger partial charge in [0.15, 0.2) is 0 Å². The lowest BCUT2D eigenvalue weighted by atomic mass is 10.2. The fourth-order valence-electron chi connectivity index (χ4n) is 1.95. The SMILES string of the molecule is O=S(=O)(CCNC1CC1)Nc1ccc2sccc2c1. The molecule has 1 aromatic heterocycles. The second kappa shape index (κ2) is 5.11. The van der Waals surface area contributed by atoms with Gasteiger partial charge < -0.3 is 5.32 Å². The molecule has 1 fully saturated rings. The van der Waals surface area contributed by atoms with Crippen LogP contribution in [-0.4, -0.2) is 26.8 Å². The molecule has 2 N–H and O–H groups in total. The molecule has 19 heavy (non-hydrogen) atoms. The molecule has 1 aliphatic carbocycles. The Balaban J connectivity index is 1.64. The minimum atomic E-state index is -3.26. The van der Waals surface area contributed by atoms with Crippen LogP contribution in [0.2, 0.25) is 0 Å². The molecule has 0 aliphatic heterocycles. The Labute approximate surface area is 116 Å². The molecule has 0 amide bonds. The number of rotatable bonds is 6. The van der Waals surface area contributed by atoms with Crippen LogP contribution in [-0.2, 0) is 10.0 Å². The molecular weight excluding hydrogens is 280 g/mol. The number of fused-ring (bicyclic) bond motifs is 1. The first kappa shape index (κ1) is 12.9. The highest BCUT2D eigenvalue weighted by Crippen LogP contribution is 2.24. The molecule has 1 aromatic carbocycles. The highest BCUT2D eigenvalue weighted by molar-refractivity contribution is 7.92. The second-order valence-corrected chi connectivity index (χ2v) is 7.61. The smallest absolute Gasteiger partial charge is 0.233 e. The summed E-state index contributed by atoms with van der Waals surface area (Å²) in [5, 5.41) is 6.28. The van der Waals surface area contributed by atoms with E-state index in [4.69, 9.17) is 0 Å². The first-order valence-electron chi connectivity index (χ1n) is 6.33. The van der Waals surface area contributed by atoms with E-state index in [1.807, 2.05) is 29.6 Å². The Morgan fingerprint density at radius 1 is 1.26 bits per heavy atom. The minimum absolute atomic E-state index is 0.116. The fourth-order valence-corrected chi connectivity index (χ4v) is 3.69. The second-order valence-electron chi connectivity index (χ2n) is 4.82. The van der Waals surface area contributed by atoms with Crippen LogP contribution in [0.1, 0.15) is 12.8 Å². The van der Waals surface area contributed by atoms with Crippen molar-refractivity contribution in [3.05, 3.63) is 29.6 Å². The molecule has 1 heterocycles. The van der Waals surface area contributed by atoms with Crippen LogP contribution in [0.25, 0.3) is 10.1 Å². The largest absolute Gasteiger partial charge is 0.313 e. The summed E-state index contributed by atoms with van der Waals surface area (Å²) in [6.45, 7) is 0.515. The molecule has 2 aromatic rings. The summed E-state index contributed by atoms with van der Waals surface area (Å²) in [7, 11) is -3.26. The zero-order chi connectivity index (χ0) is 13.3. The normalized spacial score (nSPS) is 15.8. The van der Waals surface area contributed by atoms with Crippen molar-refractivity contribution >= 4 is 37.1 Å². The van der Waals surface area contributed by atoms with Crippen LogP contribution in [0.5, 0.6) is 0 Å². The van der Waals surface area contributed by atoms with Gasteiger partial charge in [-0.3, -0.25) is 4.72 Å². The zero-order valence-electron chi connectivity index (χ0n) is 10.4. The lowest BCUT2D eigenvalue weighted by molar-refractivity contribution is 0.595. The third kappa shape index (κ3) is 3.46. The molecule has 1 aliphatic rings. The average Bonchev–Trinajstić information content (AvgIpc) is 3.05. The van der Waals surface area contributed by atoms with E-state index in [0.717, 1.165) is 5.39 Å². The number of anilines is 1. The highest BCUT2D eigenvalue weighted by Gasteiger charge is 2.21. The molecule has 0 atom stereocenters. The summed E-state index contributed by atoms with van der Waals surface area (Å²) < 4.78 is 27.7. The number of benzene rings is 1. The van der Waals surface area contributed by atoms with Gasteiger partial charge in [0, 0.05) is 23.0 Å². The summed E-state index contributed by atoms with van der Waals surface area (Å²) in [4.78, 5) is 0. The van der Waals surface area contributed by atoms with Crippen LogP contribution < -0.4 is 10.0 Å². The lowest BCUT2D eigenvalue weighted by Gasteiger charge is -2.08. The molecule has 1 saturated carbocycles. The lowest BCUT2D eigenvalue weighted by Crippen LogP contribution is -2.27. The quantitative estimate of drug-likeness (QED) is 0.860. The van der Waals surface area contributed by atoms with Crippen LogP contribution in [0.15, 0.2) is 29.6 Å². The van der Waals surface area contributed by atoms with Crippen LogP contribution in [0.3, 0.4) is 0 Å². The summed E-state index contributed by atoms with van der Waals surface area (Å²) in [6.07, 6.45) is 2.34. The summed E-state index contributed by atoms with van der Waals surface area (Å²) >= 11 is 1.65. The van der Waals surface area contributed by atoms with Crippen molar-refractivity contribution in [2.24, 2.45) is 0 Å². The Kier molecular flexibility index (Phi) is 3.47. The van der Waals surface area contributed by atoms with Gasteiger partial charge in [-0.05, 0) is 47.9 Å². The monoisotopic (exact) mass is 296 g/mol. The summed E-state index contributed by atoms with van der Waals surface area (Å²) in [5.41, 5.74) is 0.636. The third-order valence-electron chi connectivity index (χ3n) is 3.11. The highest BCUT2D eigenvalue weighted by atomic mass is 32.2. The molecule has 6 heteroatoms. The van der Waals surface area contributed by atoms with Crippen LogP contribution in [0, 0.1) is 0 Å². The molecule has 0 radical (unpaired) electrons. The predicted molar refractivity (Wildman–Crippen MR) is 80.3 cm³/mol. The Morgan fingerprint density at radius 3 is 2.89 bits per heavy atom. The Hall–Kier alpha value is -1.11. The van der Waals surface area contributed by atoms with Crippen molar-refractivity contribution in [1.82, 2.24) is 5.32 Å². The van der Waals surface area contributed by atoms with E-state index < -0.39 is 10.0 Å². The molecule has 0 bridgehead atoms.